The molecule has 1 saturated carbocycles. The van der Waals surface area contributed by atoms with E-state index in [-0.39, 0.29) is 18.6 Å². The van der Waals surface area contributed by atoms with Gasteiger partial charge in [-0.25, -0.2) is 0 Å². The summed E-state index contributed by atoms with van der Waals surface area (Å²) in [5.74, 6) is -0.0834. The maximum absolute atomic E-state index is 12.4. The second kappa shape index (κ2) is 5.98. The first-order valence-corrected chi connectivity index (χ1v) is 6.46. The molecule has 98 valence electrons. The molecule has 0 unspecified atom stereocenters. The minimum Gasteiger partial charge on any atom is -0.395 e. The van der Waals surface area contributed by atoms with E-state index in [4.69, 9.17) is 10.8 Å². The quantitative estimate of drug-likeness (QED) is 0.819. The van der Waals surface area contributed by atoms with E-state index in [9.17, 15) is 4.79 Å². The molecule has 2 rings (SSSR count). The molecule has 1 amide bonds. The fourth-order valence-electron chi connectivity index (χ4n) is 2.26. The molecule has 1 aliphatic carbocycles. The molecule has 0 saturated heterocycles. The van der Waals surface area contributed by atoms with Crippen LogP contribution in [-0.4, -0.2) is 35.1 Å². The van der Waals surface area contributed by atoms with Crippen LogP contribution in [0.4, 0.5) is 0 Å². The fraction of sp³-hybridized carbons (Fsp3) is 0.500. The van der Waals surface area contributed by atoms with Gasteiger partial charge in [-0.05, 0) is 24.8 Å². The molecule has 0 spiro atoms. The summed E-state index contributed by atoms with van der Waals surface area (Å²) in [6, 6.07) is 9.02. The SMILES string of the molecule is N[C@@H](C(=O)N(CCO)C1CCC1)c1ccccc1. The molecule has 3 N–H and O–H groups in total. The lowest BCUT2D eigenvalue weighted by Crippen LogP contribution is -2.49. The monoisotopic (exact) mass is 248 g/mol. The van der Waals surface area contributed by atoms with E-state index in [2.05, 4.69) is 0 Å². The van der Waals surface area contributed by atoms with Crippen molar-refractivity contribution in [1.29, 1.82) is 0 Å². The molecule has 0 heterocycles. The number of nitrogens with two attached hydrogens (primary N) is 1. The van der Waals surface area contributed by atoms with Crippen molar-refractivity contribution in [3.05, 3.63) is 35.9 Å². The molecule has 0 radical (unpaired) electrons. The van der Waals surface area contributed by atoms with Crippen LogP contribution in [0.2, 0.25) is 0 Å². The van der Waals surface area contributed by atoms with Crippen LogP contribution in [0, 0.1) is 0 Å². The molecular formula is C14H20N2O2. The molecule has 1 atom stereocenters. The van der Waals surface area contributed by atoms with Crippen molar-refractivity contribution >= 4 is 5.91 Å². The number of aliphatic hydroxyl groups excluding tert-OH is 1. The largest absolute Gasteiger partial charge is 0.395 e. The second-order valence-electron chi connectivity index (χ2n) is 4.73. The van der Waals surface area contributed by atoms with E-state index in [0.29, 0.717) is 6.54 Å². The van der Waals surface area contributed by atoms with Crippen molar-refractivity contribution in [2.24, 2.45) is 5.73 Å². The third-order valence-corrected chi connectivity index (χ3v) is 3.56. The fourth-order valence-corrected chi connectivity index (χ4v) is 2.26. The van der Waals surface area contributed by atoms with Gasteiger partial charge in [-0.1, -0.05) is 30.3 Å². The first kappa shape index (κ1) is 13.1. The Kier molecular flexibility index (Phi) is 4.33. The topological polar surface area (TPSA) is 66.6 Å². The zero-order valence-electron chi connectivity index (χ0n) is 10.5. The summed E-state index contributed by atoms with van der Waals surface area (Å²) in [5.41, 5.74) is 6.84. The first-order valence-electron chi connectivity index (χ1n) is 6.46. The lowest BCUT2D eigenvalue weighted by atomic mass is 9.90. The van der Waals surface area contributed by atoms with Gasteiger partial charge in [0.05, 0.1) is 6.61 Å². The maximum Gasteiger partial charge on any atom is 0.244 e. The van der Waals surface area contributed by atoms with Crippen LogP contribution in [0.1, 0.15) is 30.9 Å². The predicted octanol–water partition coefficient (Wildman–Crippen LogP) is 1.06. The molecule has 4 nitrogen and oxygen atoms in total. The Morgan fingerprint density at radius 3 is 2.56 bits per heavy atom. The summed E-state index contributed by atoms with van der Waals surface area (Å²) in [4.78, 5) is 14.1. The summed E-state index contributed by atoms with van der Waals surface area (Å²) < 4.78 is 0. The average Bonchev–Trinajstić information content (AvgIpc) is 2.35. The normalized spacial score (nSPS) is 17.0. The molecule has 1 aromatic rings. The van der Waals surface area contributed by atoms with Gasteiger partial charge in [0.25, 0.3) is 0 Å². The van der Waals surface area contributed by atoms with Crippen LogP contribution in [0.15, 0.2) is 30.3 Å². The summed E-state index contributed by atoms with van der Waals surface area (Å²) in [6.45, 7) is 0.369. The van der Waals surface area contributed by atoms with Crippen molar-refractivity contribution in [2.45, 2.75) is 31.3 Å². The number of carbonyl (C=O) groups excluding carboxylic acids is 1. The van der Waals surface area contributed by atoms with Gasteiger partial charge in [0.1, 0.15) is 6.04 Å². The minimum absolute atomic E-state index is 0.0102. The van der Waals surface area contributed by atoms with Gasteiger partial charge in [0.15, 0.2) is 0 Å². The summed E-state index contributed by atoms with van der Waals surface area (Å²) >= 11 is 0. The van der Waals surface area contributed by atoms with E-state index >= 15 is 0 Å². The van der Waals surface area contributed by atoms with E-state index in [1.54, 1.807) is 4.90 Å². The second-order valence-corrected chi connectivity index (χ2v) is 4.73. The third-order valence-electron chi connectivity index (χ3n) is 3.56. The van der Waals surface area contributed by atoms with Gasteiger partial charge < -0.3 is 15.7 Å². The molecule has 18 heavy (non-hydrogen) atoms. The Morgan fingerprint density at radius 1 is 1.39 bits per heavy atom. The Balaban J connectivity index is 2.07. The highest BCUT2D eigenvalue weighted by molar-refractivity contribution is 5.83. The number of amides is 1. The summed E-state index contributed by atoms with van der Waals surface area (Å²) in [6.07, 6.45) is 3.20. The number of aliphatic hydroxyl groups is 1. The highest BCUT2D eigenvalue weighted by atomic mass is 16.3. The van der Waals surface area contributed by atoms with Gasteiger partial charge in [-0.2, -0.15) is 0 Å². The molecular weight excluding hydrogens is 228 g/mol. The molecule has 1 aromatic carbocycles. The number of nitrogens with zero attached hydrogens (tertiary/aromatic N) is 1. The molecule has 0 aromatic heterocycles. The Bertz CT molecular complexity index is 390. The molecule has 0 aliphatic heterocycles. The van der Waals surface area contributed by atoms with E-state index in [1.165, 1.54) is 0 Å². The highest BCUT2D eigenvalue weighted by Gasteiger charge is 2.31. The lowest BCUT2D eigenvalue weighted by molar-refractivity contribution is -0.137. The van der Waals surface area contributed by atoms with Gasteiger partial charge in [0, 0.05) is 12.6 Å². The van der Waals surface area contributed by atoms with Crippen molar-refractivity contribution in [2.75, 3.05) is 13.2 Å². The standard InChI is InChI=1S/C14H20N2O2/c15-13(11-5-2-1-3-6-11)14(18)16(9-10-17)12-7-4-8-12/h1-3,5-6,12-13,17H,4,7-10,15H2/t13-/m1/s1. The van der Waals surface area contributed by atoms with Crippen LogP contribution in [-0.2, 0) is 4.79 Å². The van der Waals surface area contributed by atoms with E-state index < -0.39 is 6.04 Å². The number of benzene rings is 1. The van der Waals surface area contributed by atoms with Crippen LogP contribution in [0.3, 0.4) is 0 Å². The minimum atomic E-state index is -0.627. The van der Waals surface area contributed by atoms with Crippen LogP contribution in [0.5, 0.6) is 0 Å². The zero-order valence-corrected chi connectivity index (χ0v) is 10.5. The molecule has 1 aliphatic rings. The molecule has 4 heteroatoms. The van der Waals surface area contributed by atoms with Crippen molar-refractivity contribution < 1.29 is 9.90 Å². The van der Waals surface area contributed by atoms with Crippen LogP contribution < -0.4 is 5.73 Å². The van der Waals surface area contributed by atoms with E-state index in [1.807, 2.05) is 30.3 Å². The van der Waals surface area contributed by atoms with Gasteiger partial charge in [-0.15, -0.1) is 0 Å². The predicted molar refractivity (Wildman–Crippen MR) is 69.8 cm³/mol. The number of carbonyl (C=O) groups is 1. The molecule has 0 bridgehead atoms. The van der Waals surface area contributed by atoms with Crippen LogP contribution in [0.25, 0.3) is 0 Å². The Morgan fingerprint density at radius 2 is 2.06 bits per heavy atom. The Labute approximate surface area is 107 Å². The smallest absolute Gasteiger partial charge is 0.244 e. The zero-order chi connectivity index (χ0) is 13.0. The van der Waals surface area contributed by atoms with Crippen molar-refractivity contribution in [3.8, 4) is 0 Å². The third kappa shape index (κ3) is 2.71. The summed E-state index contributed by atoms with van der Waals surface area (Å²) in [5, 5.41) is 9.07. The van der Waals surface area contributed by atoms with Crippen molar-refractivity contribution in [3.63, 3.8) is 0 Å². The average molecular weight is 248 g/mol. The van der Waals surface area contributed by atoms with Crippen LogP contribution >= 0.6 is 0 Å². The lowest BCUT2D eigenvalue weighted by Gasteiger charge is -2.38. The maximum atomic E-state index is 12.4. The number of hydrogen-bond donors (Lipinski definition) is 2. The van der Waals surface area contributed by atoms with Gasteiger partial charge in [0.2, 0.25) is 5.91 Å². The van der Waals surface area contributed by atoms with Gasteiger partial charge in [-0.3, -0.25) is 4.79 Å². The Hall–Kier alpha value is -1.39. The number of rotatable bonds is 5. The first-order chi connectivity index (χ1) is 8.74. The molecule has 1 fully saturated rings. The van der Waals surface area contributed by atoms with Gasteiger partial charge >= 0.3 is 0 Å². The summed E-state index contributed by atoms with van der Waals surface area (Å²) in [7, 11) is 0. The van der Waals surface area contributed by atoms with Crippen molar-refractivity contribution in [1.82, 2.24) is 4.90 Å². The highest BCUT2D eigenvalue weighted by Crippen LogP contribution is 2.26. The number of hydrogen-bond acceptors (Lipinski definition) is 3. The van der Waals surface area contributed by atoms with E-state index in [0.717, 1.165) is 24.8 Å².